The van der Waals surface area contributed by atoms with E-state index in [2.05, 4.69) is 15.3 Å². The Kier molecular flexibility index (Phi) is 3.55. The third-order valence-electron chi connectivity index (χ3n) is 2.37. The Balaban J connectivity index is 1.97. The van der Waals surface area contributed by atoms with Crippen molar-refractivity contribution in [2.24, 2.45) is 0 Å². The third kappa shape index (κ3) is 3.17. The average Bonchev–Trinajstić information content (AvgIpc) is 2.37. The fourth-order valence-corrected chi connectivity index (χ4v) is 1.47. The maximum atomic E-state index is 5.00. The lowest BCUT2D eigenvalue weighted by Gasteiger charge is -2.06. The molecule has 2 aromatic heterocycles. The number of rotatable bonds is 4. The minimum atomic E-state index is 0.627. The molecule has 4 heteroatoms. The van der Waals surface area contributed by atoms with Crippen molar-refractivity contribution in [3.8, 4) is 5.88 Å². The summed E-state index contributed by atoms with van der Waals surface area (Å²) in [5.41, 5.74) is 2.09. The van der Waals surface area contributed by atoms with Gasteiger partial charge >= 0.3 is 0 Å². The van der Waals surface area contributed by atoms with Crippen LogP contribution in [-0.2, 0) is 6.54 Å². The summed E-state index contributed by atoms with van der Waals surface area (Å²) >= 11 is 0. The number of hydrogen-bond donors (Lipinski definition) is 1. The molecule has 0 unspecified atom stereocenters. The molecule has 2 heterocycles. The summed E-state index contributed by atoms with van der Waals surface area (Å²) in [6.07, 6.45) is 1.79. The summed E-state index contributed by atoms with van der Waals surface area (Å²) in [4.78, 5) is 8.51. The van der Waals surface area contributed by atoms with Gasteiger partial charge in [-0.1, -0.05) is 12.1 Å². The predicted octanol–water partition coefficient (Wildman–Crippen LogP) is 2.41. The van der Waals surface area contributed by atoms with Crippen LogP contribution >= 0.6 is 0 Å². The van der Waals surface area contributed by atoms with Crippen molar-refractivity contribution < 1.29 is 4.74 Å². The lowest BCUT2D eigenvalue weighted by Crippen LogP contribution is -2.02. The Morgan fingerprint density at radius 1 is 1.24 bits per heavy atom. The van der Waals surface area contributed by atoms with E-state index in [0.717, 1.165) is 17.1 Å². The highest BCUT2D eigenvalue weighted by atomic mass is 16.5. The molecule has 0 saturated heterocycles. The topological polar surface area (TPSA) is 47.0 Å². The Bertz CT molecular complexity index is 482. The number of hydrogen-bond acceptors (Lipinski definition) is 4. The molecular formula is C13H15N3O. The molecule has 0 spiro atoms. The molecule has 2 aromatic rings. The number of aromatic nitrogens is 2. The number of aryl methyl sites for hydroxylation is 1. The molecule has 17 heavy (non-hydrogen) atoms. The second kappa shape index (κ2) is 5.30. The smallest absolute Gasteiger partial charge is 0.212 e. The highest BCUT2D eigenvalue weighted by molar-refractivity contribution is 5.36. The molecule has 0 aromatic carbocycles. The number of anilines is 1. The van der Waals surface area contributed by atoms with Crippen LogP contribution in [0, 0.1) is 6.92 Å². The molecule has 2 rings (SSSR count). The maximum Gasteiger partial charge on any atom is 0.212 e. The molecular weight excluding hydrogens is 214 g/mol. The van der Waals surface area contributed by atoms with Crippen LogP contribution in [0.25, 0.3) is 0 Å². The molecule has 4 nitrogen and oxygen atoms in total. The van der Waals surface area contributed by atoms with Crippen molar-refractivity contribution >= 4 is 5.82 Å². The first kappa shape index (κ1) is 11.4. The Labute approximate surface area is 101 Å². The van der Waals surface area contributed by atoms with Gasteiger partial charge in [0.2, 0.25) is 5.88 Å². The zero-order chi connectivity index (χ0) is 12.1. The lowest BCUT2D eigenvalue weighted by atomic mass is 10.3. The van der Waals surface area contributed by atoms with Crippen LogP contribution in [-0.4, -0.2) is 17.1 Å². The summed E-state index contributed by atoms with van der Waals surface area (Å²) < 4.78 is 5.00. The zero-order valence-corrected chi connectivity index (χ0v) is 9.97. The van der Waals surface area contributed by atoms with E-state index in [1.165, 1.54) is 0 Å². The van der Waals surface area contributed by atoms with Crippen LogP contribution in [0.15, 0.2) is 36.5 Å². The highest BCUT2D eigenvalue weighted by Crippen LogP contribution is 2.09. The van der Waals surface area contributed by atoms with Crippen LogP contribution in [0.3, 0.4) is 0 Å². The van der Waals surface area contributed by atoms with Gasteiger partial charge in [0, 0.05) is 24.5 Å². The molecule has 0 saturated carbocycles. The van der Waals surface area contributed by atoms with Gasteiger partial charge in [-0.05, 0) is 24.6 Å². The molecule has 0 aliphatic rings. The standard InChI is InChI=1S/C13H15N3O/c1-10-4-3-5-12(16-10)14-8-11-6-7-13(17-2)15-9-11/h3-7,9H,8H2,1-2H3,(H,14,16). The number of nitrogens with one attached hydrogen (secondary N) is 1. The van der Waals surface area contributed by atoms with Gasteiger partial charge in [-0.15, -0.1) is 0 Å². The zero-order valence-electron chi connectivity index (χ0n) is 9.97. The monoisotopic (exact) mass is 229 g/mol. The summed E-state index contributed by atoms with van der Waals surface area (Å²) in [5, 5.41) is 3.25. The van der Waals surface area contributed by atoms with Gasteiger partial charge in [0.05, 0.1) is 7.11 Å². The van der Waals surface area contributed by atoms with E-state index in [0.29, 0.717) is 12.4 Å². The Morgan fingerprint density at radius 3 is 2.76 bits per heavy atom. The van der Waals surface area contributed by atoms with Crippen molar-refractivity contribution in [1.29, 1.82) is 0 Å². The Morgan fingerprint density at radius 2 is 2.12 bits per heavy atom. The summed E-state index contributed by atoms with van der Waals surface area (Å²) in [7, 11) is 1.61. The molecule has 0 atom stereocenters. The highest BCUT2D eigenvalue weighted by Gasteiger charge is 1.97. The van der Waals surface area contributed by atoms with Gasteiger partial charge in [0.15, 0.2) is 0 Å². The largest absolute Gasteiger partial charge is 0.481 e. The van der Waals surface area contributed by atoms with Gasteiger partial charge in [0.25, 0.3) is 0 Å². The van der Waals surface area contributed by atoms with Gasteiger partial charge in [-0.25, -0.2) is 9.97 Å². The lowest BCUT2D eigenvalue weighted by molar-refractivity contribution is 0.397. The van der Waals surface area contributed by atoms with E-state index in [9.17, 15) is 0 Å². The fourth-order valence-electron chi connectivity index (χ4n) is 1.47. The first-order valence-electron chi connectivity index (χ1n) is 5.44. The minimum Gasteiger partial charge on any atom is -0.481 e. The molecule has 0 radical (unpaired) electrons. The van der Waals surface area contributed by atoms with E-state index < -0.39 is 0 Å². The van der Waals surface area contributed by atoms with Crippen molar-refractivity contribution in [1.82, 2.24) is 9.97 Å². The molecule has 0 bridgehead atoms. The number of pyridine rings is 2. The second-order valence-electron chi connectivity index (χ2n) is 3.73. The van der Waals surface area contributed by atoms with Crippen molar-refractivity contribution in [2.75, 3.05) is 12.4 Å². The number of nitrogens with zero attached hydrogens (tertiary/aromatic N) is 2. The van der Waals surface area contributed by atoms with E-state index >= 15 is 0 Å². The normalized spacial score (nSPS) is 10.0. The van der Waals surface area contributed by atoms with Gasteiger partial charge in [-0.2, -0.15) is 0 Å². The molecule has 1 N–H and O–H groups in total. The summed E-state index contributed by atoms with van der Waals surface area (Å²) in [6, 6.07) is 9.73. The van der Waals surface area contributed by atoms with Crippen LogP contribution in [0.4, 0.5) is 5.82 Å². The number of methoxy groups -OCH3 is 1. The van der Waals surface area contributed by atoms with E-state index in [1.54, 1.807) is 13.3 Å². The van der Waals surface area contributed by atoms with E-state index in [-0.39, 0.29) is 0 Å². The minimum absolute atomic E-state index is 0.627. The first-order chi connectivity index (χ1) is 8.28. The van der Waals surface area contributed by atoms with Gasteiger partial charge < -0.3 is 10.1 Å². The van der Waals surface area contributed by atoms with Crippen LogP contribution in [0.1, 0.15) is 11.3 Å². The molecule has 0 aliphatic heterocycles. The fraction of sp³-hybridized carbons (Fsp3) is 0.231. The SMILES string of the molecule is COc1ccc(CNc2cccc(C)n2)cn1. The summed E-state index contributed by atoms with van der Waals surface area (Å²) in [5.74, 6) is 1.50. The molecule has 0 fully saturated rings. The van der Waals surface area contributed by atoms with E-state index in [1.807, 2.05) is 37.3 Å². The van der Waals surface area contributed by atoms with Crippen molar-refractivity contribution in [3.05, 3.63) is 47.8 Å². The second-order valence-corrected chi connectivity index (χ2v) is 3.73. The first-order valence-corrected chi connectivity index (χ1v) is 5.44. The molecule has 0 aliphatic carbocycles. The maximum absolute atomic E-state index is 5.00. The summed E-state index contributed by atoms with van der Waals surface area (Å²) in [6.45, 7) is 2.67. The quantitative estimate of drug-likeness (QED) is 0.874. The van der Waals surface area contributed by atoms with Crippen molar-refractivity contribution in [2.45, 2.75) is 13.5 Å². The van der Waals surface area contributed by atoms with Crippen LogP contribution in [0.2, 0.25) is 0 Å². The number of ether oxygens (including phenoxy) is 1. The third-order valence-corrected chi connectivity index (χ3v) is 2.37. The molecule has 0 amide bonds. The van der Waals surface area contributed by atoms with Crippen molar-refractivity contribution in [3.63, 3.8) is 0 Å². The van der Waals surface area contributed by atoms with Crippen LogP contribution in [0.5, 0.6) is 5.88 Å². The predicted molar refractivity (Wildman–Crippen MR) is 67.1 cm³/mol. The Hall–Kier alpha value is -2.10. The molecule has 88 valence electrons. The van der Waals surface area contributed by atoms with Crippen LogP contribution < -0.4 is 10.1 Å². The van der Waals surface area contributed by atoms with Gasteiger partial charge in [0.1, 0.15) is 5.82 Å². The average molecular weight is 229 g/mol. The van der Waals surface area contributed by atoms with Gasteiger partial charge in [-0.3, -0.25) is 0 Å². The van der Waals surface area contributed by atoms with E-state index in [4.69, 9.17) is 4.74 Å².